The molecule has 4 nitrogen and oxygen atoms in total. The summed E-state index contributed by atoms with van der Waals surface area (Å²) in [5.41, 5.74) is 1.67. The molecule has 2 heterocycles. The van der Waals surface area contributed by atoms with Gasteiger partial charge in [0.25, 0.3) is 0 Å². The largest absolute Gasteiger partial charge is 0.314 e. The van der Waals surface area contributed by atoms with Gasteiger partial charge in [0.2, 0.25) is 0 Å². The molecule has 0 bridgehead atoms. The Balaban J connectivity index is 2.03. The fourth-order valence-electron chi connectivity index (χ4n) is 1.90. The van der Waals surface area contributed by atoms with Crippen LogP contribution in [0.1, 0.15) is 18.2 Å². The smallest absolute Gasteiger partial charge is 0.140 e. The second kappa shape index (κ2) is 5.06. The van der Waals surface area contributed by atoms with E-state index >= 15 is 0 Å². The number of nitrogens with one attached hydrogen (secondary N) is 1. The molecule has 16 heavy (non-hydrogen) atoms. The van der Waals surface area contributed by atoms with Crippen LogP contribution in [0.4, 0.5) is 0 Å². The van der Waals surface area contributed by atoms with Gasteiger partial charge in [-0.1, -0.05) is 6.92 Å². The molecule has 1 aliphatic rings. The molecule has 0 radical (unpaired) electrons. The summed E-state index contributed by atoms with van der Waals surface area (Å²) < 4.78 is 0. The number of aromatic nitrogens is 1. The van der Waals surface area contributed by atoms with Crippen molar-refractivity contribution < 1.29 is 0 Å². The Hall–Kier alpha value is -1.44. The van der Waals surface area contributed by atoms with E-state index in [9.17, 15) is 0 Å². The van der Waals surface area contributed by atoms with E-state index < -0.39 is 0 Å². The predicted molar refractivity (Wildman–Crippen MR) is 61.7 cm³/mol. The summed E-state index contributed by atoms with van der Waals surface area (Å²) in [5.74, 6) is 0. The van der Waals surface area contributed by atoms with Crippen molar-refractivity contribution in [2.24, 2.45) is 0 Å². The van der Waals surface area contributed by atoms with Crippen molar-refractivity contribution >= 4 is 0 Å². The van der Waals surface area contributed by atoms with Crippen LogP contribution in [0.25, 0.3) is 0 Å². The Morgan fingerprint density at radius 2 is 2.44 bits per heavy atom. The maximum Gasteiger partial charge on any atom is 0.140 e. The maximum atomic E-state index is 8.78. The Labute approximate surface area is 95.9 Å². The van der Waals surface area contributed by atoms with Gasteiger partial charge in [-0.25, -0.2) is 4.98 Å². The standard InChI is InChI=1S/C12H16N4/c1-2-16(12-7-14-8-12)9-10-3-4-15-11(5-10)6-13/h3-5,12,14H,2,7-9H2,1H3. The number of nitriles is 1. The van der Waals surface area contributed by atoms with Crippen LogP contribution in [0.3, 0.4) is 0 Å². The van der Waals surface area contributed by atoms with Crippen LogP contribution in [0.5, 0.6) is 0 Å². The molecule has 1 aliphatic heterocycles. The molecule has 0 spiro atoms. The quantitative estimate of drug-likeness (QED) is 0.807. The van der Waals surface area contributed by atoms with Crippen LogP contribution >= 0.6 is 0 Å². The van der Waals surface area contributed by atoms with E-state index in [0.717, 1.165) is 26.2 Å². The highest BCUT2D eigenvalue weighted by molar-refractivity contribution is 5.25. The van der Waals surface area contributed by atoms with Crippen LogP contribution in [-0.2, 0) is 6.54 Å². The van der Waals surface area contributed by atoms with Crippen molar-refractivity contribution in [3.8, 4) is 6.07 Å². The molecule has 1 aromatic rings. The Morgan fingerprint density at radius 3 is 3.00 bits per heavy atom. The minimum absolute atomic E-state index is 0.500. The second-order valence-electron chi connectivity index (χ2n) is 4.04. The minimum Gasteiger partial charge on any atom is -0.314 e. The predicted octanol–water partition coefficient (Wildman–Crippen LogP) is 0.747. The molecule has 0 aliphatic carbocycles. The molecule has 84 valence electrons. The molecule has 1 aromatic heterocycles. The molecule has 0 aromatic carbocycles. The molecule has 0 atom stereocenters. The lowest BCUT2D eigenvalue weighted by molar-refractivity contribution is 0.145. The van der Waals surface area contributed by atoms with Gasteiger partial charge < -0.3 is 5.32 Å². The summed E-state index contributed by atoms with van der Waals surface area (Å²) in [4.78, 5) is 6.40. The van der Waals surface area contributed by atoms with Crippen molar-refractivity contribution in [3.63, 3.8) is 0 Å². The first-order valence-corrected chi connectivity index (χ1v) is 5.63. The van der Waals surface area contributed by atoms with Crippen molar-refractivity contribution in [2.75, 3.05) is 19.6 Å². The van der Waals surface area contributed by atoms with E-state index in [0.29, 0.717) is 11.7 Å². The van der Waals surface area contributed by atoms with E-state index in [1.807, 2.05) is 12.1 Å². The molecule has 0 amide bonds. The SMILES string of the molecule is CCN(Cc1ccnc(C#N)c1)C1CNC1. The molecule has 1 N–H and O–H groups in total. The number of nitrogens with zero attached hydrogens (tertiary/aromatic N) is 3. The molecular formula is C12H16N4. The van der Waals surface area contributed by atoms with Gasteiger partial charge in [-0.05, 0) is 24.2 Å². The topological polar surface area (TPSA) is 52.0 Å². The van der Waals surface area contributed by atoms with Gasteiger partial charge in [0, 0.05) is 31.9 Å². The Kier molecular flexibility index (Phi) is 3.50. The third kappa shape index (κ3) is 2.38. The average Bonchev–Trinajstić information content (AvgIpc) is 2.26. The summed E-state index contributed by atoms with van der Waals surface area (Å²) in [6.07, 6.45) is 1.71. The normalized spacial score (nSPS) is 15.8. The summed E-state index contributed by atoms with van der Waals surface area (Å²) in [6, 6.07) is 6.57. The zero-order valence-corrected chi connectivity index (χ0v) is 9.48. The van der Waals surface area contributed by atoms with E-state index in [2.05, 4.69) is 28.2 Å². The number of rotatable bonds is 4. The lowest BCUT2D eigenvalue weighted by Gasteiger charge is -2.37. The van der Waals surface area contributed by atoms with E-state index in [4.69, 9.17) is 5.26 Å². The Morgan fingerprint density at radius 1 is 1.62 bits per heavy atom. The van der Waals surface area contributed by atoms with Crippen molar-refractivity contribution in [1.82, 2.24) is 15.2 Å². The van der Waals surface area contributed by atoms with Gasteiger partial charge in [0.1, 0.15) is 11.8 Å². The van der Waals surface area contributed by atoms with Crippen LogP contribution in [0, 0.1) is 11.3 Å². The van der Waals surface area contributed by atoms with Gasteiger partial charge in [0.15, 0.2) is 0 Å². The average molecular weight is 216 g/mol. The minimum atomic E-state index is 0.500. The highest BCUT2D eigenvalue weighted by atomic mass is 15.2. The number of likely N-dealkylation sites (N-methyl/N-ethyl adjacent to an activating group) is 1. The van der Waals surface area contributed by atoms with Gasteiger partial charge in [0.05, 0.1) is 0 Å². The highest BCUT2D eigenvalue weighted by Crippen LogP contribution is 2.11. The van der Waals surface area contributed by atoms with Gasteiger partial charge in [-0.15, -0.1) is 0 Å². The number of hydrogen-bond acceptors (Lipinski definition) is 4. The first-order chi connectivity index (χ1) is 7.83. The fraction of sp³-hybridized carbons (Fsp3) is 0.500. The zero-order valence-electron chi connectivity index (χ0n) is 9.48. The van der Waals surface area contributed by atoms with Crippen molar-refractivity contribution in [3.05, 3.63) is 29.6 Å². The van der Waals surface area contributed by atoms with Crippen LogP contribution in [0.15, 0.2) is 18.3 Å². The summed E-state index contributed by atoms with van der Waals surface area (Å²) in [5, 5.41) is 12.1. The van der Waals surface area contributed by atoms with Crippen LogP contribution < -0.4 is 5.32 Å². The number of pyridine rings is 1. The first kappa shape index (κ1) is 11.1. The molecule has 0 saturated carbocycles. The summed E-state index contributed by atoms with van der Waals surface area (Å²) in [6.45, 7) is 6.26. The summed E-state index contributed by atoms with van der Waals surface area (Å²) in [7, 11) is 0. The molecule has 1 fully saturated rings. The van der Waals surface area contributed by atoms with Crippen LogP contribution in [0.2, 0.25) is 0 Å². The third-order valence-electron chi connectivity index (χ3n) is 3.01. The van der Waals surface area contributed by atoms with Crippen molar-refractivity contribution in [2.45, 2.75) is 19.5 Å². The Bertz CT molecular complexity index is 392. The number of hydrogen-bond donors (Lipinski definition) is 1. The lowest BCUT2D eigenvalue weighted by atomic mass is 10.1. The monoisotopic (exact) mass is 216 g/mol. The van der Waals surface area contributed by atoms with Crippen molar-refractivity contribution in [1.29, 1.82) is 5.26 Å². The molecule has 0 unspecified atom stereocenters. The zero-order chi connectivity index (χ0) is 11.4. The van der Waals surface area contributed by atoms with E-state index in [1.165, 1.54) is 5.56 Å². The molecular weight excluding hydrogens is 200 g/mol. The molecule has 4 heteroatoms. The van der Waals surface area contributed by atoms with Gasteiger partial charge >= 0.3 is 0 Å². The van der Waals surface area contributed by atoms with Gasteiger partial charge in [-0.2, -0.15) is 5.26 Å². The molecule has 2 rings (SSSR count). The fourth-order valence-corrected chi connectivity index (χ4v) is 1.90. The highest BCUT2D eigenvalue weighted by Gasteiger charge is 2.23. The first-order valence-electron chi connectivity index (χ1n) is 5.63. The third-order valence-corrected chi connectivity index (χ3v) is 3.01. The second-order valence-corrected chi connectivity index (χ2v) is 4.04. The lowest BCUT2D eigenvalue weighted by Crippen LogP contribution is -2.56. The van der Waals surface area contributed by atoms with Crippen LogP contribution in [-0.4, -0.2) is 35.6 Å². The summed E-state index contributed by atoms with van der Waals surface area (Å²) >= 11 is 0. The molecule has 1 saturated heterocycles. The maximum absolute atomic E-state index is 8.78. The van der Waals surface area contributed by atoms with Gasteiger partial charge in [-0.3, -0.25) is 4.90 Å². The van der Waals surface area contributed by atoms with E-state index in [1.54, 1.807) is 6.20 Å². The van der Waals surface area contributed by atoms with E-state index in [-0.39, 0.29) is 0 Å².